The van der Waals surface area contributed by atoms with Crippen molar-refractivity contribution in [3.05, 3.63) is 64.2 Å². The van der Waals surface area contributed by atoms with Crippen molar-refractivity contribution in [3.8, 4) is 0 Å². The number of nitrogens with one attached hydrogen (secondary N) is 1. The zero-order chi connectivity index (χ0) is 14.1. The largest absolute Gasteiger partial charge is 0.397 e. The highest BCUT2D eigenvalue weighted by molar-refractivity contribution is 6.33. The van der Waals surface area contributed by atoms with Crippen molar-refractivity contribution in [1.82, 2.24) is 5.32 Å². The van der Waals surface area contributed by atoms with Crippen molar-refractivity contribution < 1.29 is 4.79 Å². The molecule has 1 aliphatic carbocycles. The number of carbonyl (C=O) groups is 1. The lowest BCUT2D eigenvalue weighted by molar-refractivity contribution is 0.0939. The van der Waals surface area contributed by atoms with Gasteiger partial charge in [0.2, 0.25) is 0 Å². The summed E-state index contributed by atoms with van der Waals surface area (Å²) >= 11 is 5.94. The first kappa shape index (κ1) is 13.0. The van der Waals surface area contributed by atoms with Crippen LogP contribution in [0.3, 0.4) is 0 Å². The zero-order valence-corrected chi connectivity index (χ0v) is 11.7. The molecule has 0 unspecified atom stereocenters. The second-order valence-corrected chi connectivity index (χ2v) is 5.46. The Balaban J connectivity index is 1.74. The molecule has 0 aromatic heterocycles. The Morgan fingerprint density at radius 2 is 1.75 bits per heavy atom. The van der Waals surface area contributed by atoms with E-state index in [1.54, 1.807) is 18.2 Å². The molecular formula is C16H15ClN2O. The van der Waals surface area contributed by atoms with E-state index in [4.69, 9.17) is 17.3 Å². The molecule has 20 heavy (non-hydrogen) atoms. The summed E-state index contributed by atoms with van der Waals surface area (Å²) in [5.74, 6) is -0.164. The Labute approximate surface area is 122 Å². The van der Waals surface area contributed by atoms with E-state index in [-0.39, 0.29) is 11.9 Å². The zero-order valence-electron chi connectivity index (χ0n) is 10.9. The highest BCUT2D eigenvalue weighted by Gasteiger charge is 2.23. The standard InChI is InChI=1S/C16H15ClN2O/c17-14-7-3-6-13(15(14)18)16(20)19-12-8-10-4-1-2-5-11(10)9-12/h1-7,12H,8-9,18H2,(H,19,20). The van der Waals surface area contributed by atoms with Crippen LogP contribution in [0, 0.1) is 0 Å². The molecule has 1 aliphatic rings. The lowest BCUT2D eigenvalue weighted by atomic mass is 10.1. The van der Waals surface area contributed by atoms with E-state index in [1.165, 1.54) is 11.1 Å². The number of anilines is 1. The number of amides is 1. The van der Waals surface area contributed by atoms with Crippen LogP contribution in [-0.4, -0.2) is 11.9 Å². The van der Waals surface area contributed by atoms with Crippen LogP contribution in [0.25, 0.3) is 0 Å². The molecule has 0 aliphatic heterocycles. The van der Waals surface area contributed by atoms with Gasteiger partial charge in [0, 0.05) is 6.04 Å². The molecule has 0 atom stereocenters. The first-order chi connectivity index (χ1) is 9.65. The number of benzene rings is 2. The topological polar surface area (TPSA) is 55.1 Å². The third-order valence-corrected chi connectivity index (χ3v) is 4.01. The number of carbonyl (C=O) groups excluding carboxylic acids is 1. The normalized spacial score (nSPS) is 14.1. The van der Waals surface area contributed by atoms with Crippen molar-refractivity contribution in [3.63, 3.8) is 0 Å². The van der Waals surface area contributed by atoms with Gasteiger partial charge < -0.3 is 11.1 Å². The van der Waals surface area contributed by atoms with Gasteiger partial charge in [-0.25, -0.2) is 0 Å². The highest BCUT2D eigenvalue weighted by atomic mass is 35.5. The number of halogens is 1. The Kier molecular flexibility index (Phi) is 3.36. The van der Waals surface area contributed by atoms with Gasteiger partial charge in [0.15, 0.2) is 0 Å². The molecule has 0 saturated carbocycles. The highest BCUT2D eigenvalue weighted by Crippen LogP contribution is 2.24. The van der Waals surface area contributed by atoms with Gasteiger partial charge in [-0.1, -0.05) is 41.9 Å². The maximum Gasteiger partial charge on any atom is 0.253 e. The summed E-state index contributed by atoms with van der Waals surface area (Å²) in [7, 11) is 0. The average molecular weight is 287 g/mol. The summed E-state index contributed by atoms with van der Waals surface area (Å²) in [4.78, 5) is 12.3. The molecule has 0 heterocycles. The molecule has 3 N–H and O–H groups in total. The summed E-state index contributed by atoms with van der Waals surface area (Å²) in [6.45, 7) is 0. The van der Waals surface area contributed by atoms with Crippen LogP contribution in [0.4, 0.5) is 5.69 Å². The van der Waals surface area contributed by atoms with Crippen molar-refractivity contribution >= 4 is 23.2 Å². The van der Waals surface area contributed by atoms with Crippen molar-refractivity contribution in [2.75, 3.05) is 5.73 Å². The summed E-state index contributed by atoms with van der Waals surface area (Å²) in [6, 6.07) is 13.5. The van der Waals surface area contributed by atoms with Crippen LogP contribution in [-0.2, 0) is 12.8 Å². The second-order valence-electron chi connectivity index (χ2n) is 5.05. The van der Waals surface area contributed by atoms with E-state index in [9.17, 15) is 4.79 Å². The number of rotatable bonds is 2. The minimum Gasteiger partial charge on any atom is -0.397 e. The minimum atomic E-state index is -0.164. The fourth-order valence-electron chi connectivity index (χ4n) is 2.66. The van der Waals surface area contributed by atoms with Gasteiger partial charge in [-0.05, 0) is 36.1 Å². The molecule has 3 nitrogen and oxygen atoms in total. The predicted molar refractivity (Wildman–Crippen MR) is 81.0 cm³/mol. The van der Waals surface area contributed by atoms with Crippen molar-refractivity contribution in [2.45, 2.75) is 18.9 Å². The average Bonchev–Trinajstić information content (AvgIpc) is 2.83. The number of hydrogen-bond acceptors (Lipinski definition) is 2. The minimum absolute atomic E-state index is 0.123. The molecule has 0 fully saturated rings. The molecular weight excluding hydrogens is 272 g/mol. The summed E-state index contributed by atoms with van der Waals surface area (Å²) in [6.07, 6.45) is 1.73. The lowest BCUT2D eigenvalue weighted by Crippen LogP contribution is -2.35. The third kappa shape index (κ3) is 2.37. The summed E-state index contributed by atoms with van der Waals surface area (Å²) < 4.78 is 0. The predicted octanol–water partition coefficient (Wildman–Crippen LogP) is 2.82. The Bertz CT molecular complexity index is 644. The fourth-order valence-corrected chi connectivity index (χ4v) is 2.83. The Morgan fingerprint density at radius 1 is 1.10 bits per heavy atom. The van der Waals surface area contributed by atoms with Gasteiger partial charge in [0.1, 0.15) is 0 Å². The molecule has 2 aromatic carbocycles. The maximum absolute atomic E-state index is 12.3. The van der Waals surface area contributed by atoms with Crippen molar-refractivity contribution in [1.29, 1.82) is 0 Å². The van der Waals surface area contributed by atoms with Crippen LogP contribution in [0.5, 0.6) is 0 Å². The van der Waals surface area contributed by atoms with E-state index in [0.717, 1.165) is 12.8 Å². The van der Waals surface area contributed by atoms with Crippen LogP contribution < -0.4 is 11.1 Å². The number of fused-ring (bicyclic) bond motifs is 1. The van der Waals surface area contributed by atoms with E-state index < -0.39 is 0 Å². The molecule has 2 aromatic rings. The Morgan fingerprint density at radius 3 is 2.40 bits per heavy atom. The quantitative estimate of drug-likeness (QED) is 0.834. The van der Waals surface area contributed by atoms with E-state index >= 15 is 0 Å². The van der Waals surface area contributed by atoms with Gasteiger partial charge in [0.05, 0.1) is 16.3 Å². The molecule has 4 heteroatoms. The molecule has 0 radical (unpaired) electrons. The third-order valence-electron chi connectivity index (χ3n) is 3.68. The van der Waals surface area contributed by atoms with Gasteiger partial charge in [-0.15, -0.1) is 0 Å². The van der Waals surface area contributed by atoms with Crippen LogP contribution in [0.2, 0.25) is 5.02 Å². The lowest BCUT2D eigenvalue weighted by Gasteiger charge is -2.13. The van der Waals surface area contributed by atoms with E-state index in [0.29, 0.717) is 16.3 Å². The molecule has 0 saturated heterocycles. The van der Waals surface area contributed by atoms with Gasteiger partial charge >= 0.3 is 0 Å². The molecule has 102 valence electrons. The summed E-state index contributed by atoms with van der Waals surface area (Å²) in [5.41, 5.74) is 9.23. The molecule has 1 amide bonds. The number of nitrogens with two attached hydrogens (primary N) is 1. The van der Waals surface area contributed by atoms with Crippen LogP contribution >= 0.6 is 11.6 Å². The first-order valence-corrected chi connectivity index (χ1v) is 6.94. The Hall–Kier alpha value is -2.00. The van der Waals surface area contributed by atoms with Gasteiger partial charge in [-0.2, -0.15) is 0 Å². The van der Waals surface area contributed by atoms with E-state index in [2.05, 4.69) is 17.4 Å². The fraction of sp³-hybridized carbons (Fsp3) is 0.188. The first-order valence-electron chi connectivity index (χ1n) is 6.57. The number of nitrogen functional groups attached to an aromatic ring is 1. The molecule has 0 spiro atoms. The number of para-hydroxylation sites is 1. The van der Waals surface area contributed by atoms with E-state index in [1.807, 2.05) is 12.1 Å². The van der Waals surface area contributed by atoms with Crippen molar-refractivity contribution in [2.24, 2.45) is 0 Å². The van der Waals surface area contributed by atoms with Crippen LogP contribution in [0.1, 0.15) is 21.5 Å². The smallest absolute Gasteiger partial charge is 0.253 e. The SMILES string of the molecule is Nc1c(Cl)cccc1C(=O)NC1Cc2ccccc2C1. The second kappa shape index (κ2) is 5.17. The molecule has 0 bridgehead atoms. The van der Waals surface area contributed by atoms with Crippen LogP contribution in [0.15, 0.2) is 42.5 Å². The number of hydrogen-bond donors (Lipinski definition) is 2. The van der Waals surface area contributed by atoms with Gasteiger partial charge in [-0.3, -0.25) is 4.79 Å². The monoisotopic (exact) mass is 286 g/mol. The molecule has 3 rings (SSSR count). The summed E-state index contributed by atoms with van der Waals surface area (Å²) in [5, 5.41) is 3.44. The van der Waals surface area contributed by atoms with Gasteiger partial charge in [0.25, 0.3) is 5.91 Å². The maximum atomic E-state index is 12.3.